The normalized spacial score (nSPS) is 14.5. The van der Waals surface area contributed by atoms with Crippen molar-refractivity contribution < 1.29 is 13.2 Å². The maximum atomic E-state index is 12.7. The van der Waals surface area contributed by atoms with Crippen molar-refractivity contribution in [2.75, 3.05) is 29.9 Å². The van der Waals surface area contributed by atoms with Crippen molar-refractivity contribution in [1.29, 1.82) is 0 Å². The molecule has 0 bridgehead atoms. The van der Waals surface area contributed by atoms with Crippen LogP contribution in [-0.2, 0) is 10.0 Å². The van der Waals surface area contributed by atoms with E-state index in [1.807, 2.05) is 24.3 Å². The fourth-order valence-electron chi connectivity index (χ4n) is 3.22. The first-order valence-corrected chi connectivity index (χ1v) is 10.9. The maximum absolute atomic E-state index is 12.7. The topological polar surface area (TPSA) is 78.5 Å². The number of hydrogen-bond donors (Lipinski definition) is 2. The molecule has 0 unspecified atom stereocenters. The largest absolute Gasteiger partial charge is 0.370 e. The average Bonchev–Trinajstić information content (AvgIpc) is 2.73. The zero-order valence-electron chi connectivity index (χ0n) is 15.7. The number of nitrogens with one attached hydrogen (secondary N) is 2. The summed E-state index contributed by atoms with van der Waals surface area (Å²) in [6.45, 7) is 5.61. The van der Waals surface area contributed by atoms with Gasteiger partial charge in [0.15, 0.2) is 0 Å². The number of rotatable bonds is 7. The SMILES string of the molecule is C=CCNS(=O)(=O)c1ccc(C(=O)Nc2ccccc2N2CCCCC2)cc1. The highest BCUT2D eigenvalue weighted by atomic mass is 32.2. The number of sulfonamides is 1. The van der Waals surface area contributed by atoms with Crippen molar-refractivity contribution in [1.82, 2.24) is 4.72 Å². The molecule has 6 nitrogen and oxygen atoms in total. The van der Waals surface area contributed by atoms with Gasteiger partial charge < -0.3 is 10.2 Å². The predicted octanol–water partition coefficient (Wildman–Crippen LogP) is 3.39. The number of nitrogens with zero attached hydrogens (tertiary/aromatic N) is 1. The molecule has 28 heavy (non-hydrogen) atoms. The number of piperidine rings is 1. The molecule has 1 heterocycles. The zero-order valence-corrected chi connectivity index (χ0v) is 16.5. The number of hydrogen-bond acceptors (Lipinski definition) is 4. The van der Waals surface area contributed by atoms with Crippen LogP contribution in [0.4, 0.5) is 11.4 Å². The molecule has 1 aliphatic heterocycles. The lowest BCUT2D eigenvalue weighted by Crippen LogP contribution is -2.30. The Bertz CT molecular complexity index is 934. The van der Waals surface area contributed by atoms with Gasteiger partial charge in [0.25, 0.3) is 5.91 Å². The van der Waals surface area contributed by atoms with Crippen molar-refractivity contribution >= 4 is 27.3 Å². The second-order valence-electron chi connectivity index (χ2n) is 6.68. The van der Waals surface area contributed by atoms with Crippen LogP contribution >= 0.6 is 0 Å². The first-order chi connectivity index (χ1) is 13.5. The van der Waals surface area contributed by atoms with E-state index in [1.54, 1.807) is 0 Å². The van der Waals surface area contributed by atoms with E-state index in [9.17, 15) is 13.2 Å². The highest BCUT2D eigenvalue weighted by molar-refractivity contribution is 7.89. The smallest absolute Gasteiger partial charge is 0.255 e. The van der Waals surface area contributed by atoms with Gasteiger partial charge in [0.1, 0.15) is 0 Å². The van der Waals surface area contributed by atoms with Crippen molar-refractivity contribution in [3.63, 3.8) is 0 Å². The second-order valence-corrected chi connectivity index (χ2v) is 8.45. The highest BCUT2D eigenvalue weighted by Gasteiger charge is 2.17. The molecule has 0 atom stereocenters. The van der Waals surface area contributed by atoms with E-state index in [-0.39, 0.29) is 17.3 Å². The van der Waals surface area contributed by atoms with Gasteiger partial charge in [-0.2, -0.15) is 0 Å². The third-order valence-electron chi connectivity index (χ3n) is 4.69. The van der Waals surface area contributed by atoms with Crippen molar-refractivity contribution in [3.8, 4) is 0 Å². The molecule has 2 N–H and O–H groups in total. The fourth-order valence-corrected chi connectivity index (χ4v) is 4.22. The monoisotopic (exact) mass is 399 g/mol. The van der Waals surface area contributed by atoms with E-state index >= 15 is 0 Å². The average molecular weight is 400 g/mol. The quantitative estimate of drug-likeness (QED) is 0.700. The summed E-state index contributed by atoms with van der Waals surface area (Å²) in [7, 11) is -3.60. The molecular formula is C21H25N3O3S. The summed E-state index contributed by atoms with van der Waals surface area (Å²) in [5.41, 5.74) is 2.18. The van der Waals surface area contributed by atoms with Crippen LogP contribution in [0.1, 0.15) is 29.6 Å². The third kappa shape index (κ3) is 4.79. The lowest BCUT2D eigenvalue weighted by molar-refractivity contribution is 0.102. The molecule has 148 valence electrons. The molecule has 2 aromatic carbocycles. The van der Waals surface area contributed by atoms with Gasteiger partial charge in [-0.1, -0.05) is 18.2 Å². The van der Waals surface area contributed by atoms with Gasteiger partial charge in [0, 0.05) is 25.2 Å². The minimum absolute atomic E-state index is 0.111. The van der Waals surface area contributed by atoms with Crippen LogP contribution < -0.4 is 14.9 Å². The number of benzene rings is 2. The molecule has 0 saturated carbocycles. The summed E-state index contributed by atoms with van der Waals surface area (Å²) in [6, 6.07) is 13.7. The van der Waals surface area contributed by atoms with Gasteiger partial charge in [-0.25, -0.2) is 13.1 Å². The van der Waals surface area contributed by atoms with Crippen molar-refractivity contribution in [2.45, 2.75) is 24.2 Å². The maximum Gasteiger partial charge on any atom is 0.255 e. The second kappa shape index (κ2) is 9.03. The minimum atomic E-state index is -3.60. The van der Waals surface area contributed by atoms with Crippen molar-refractivity contribution in [3.05, 3.63) is 66.7 Å². The Morgan fingerprint density at radius 3 is 2.39 bits per heavy atom. The first-order valence-electron chi connectivity index (χ1n) is 9.37. The Labute approximate surface area is 166 Å². The minimum Gasteiger partial charge on any atom is -0.370 e. The molecule has 1 saturated heterocycles. The Balaban J connectivity index is 1.74. The van der Waals surface area contributed by atoms with Crippen LogP contribution in [0.2, 0.25) is 0 Å². The summed E-state index contributed by atoms with van der Waals surface area (Å²) in [6.07, 6.45) is 5.01. The van der Waals surface area contributed by atoms with E-state index in [1.165, 1.54) is 36.8 Å². The van der Waals surface area contributed by atoms with Gasteiger partial charge in [-0.15, -0.1) is 6.58 Å². The van der Waals surface area contributed by atoms with Gasteiger partial charge in [0.2, 0.25) is 10.0 Å². The molecule has 0 aromatic heterocycles. The standard InChI is InChI=1S/C21H25N3O3S/c1-2-14-22-28(26,27)18-12-10-17(11-13-18)21(25)23-19-8-4-5-9-20(19)24-15-6-3-7-16-24/h2,4-5,8-13,22H,1,3,6-7,14-16H2,(H,23,25). The molecule has 1 aliphatic rings. The van der Waals surface area contributed by atoms with Gasteiger partial charge >= 0.3 is 0 Å². The fraction of sp³-hybridized carbons (Fsp3) is 0.286. The molecular weight excluding hydrogens is 374 g/mol. The van der Waals surface area contributed by atoms with E-state index in [0.29, 0.717) is 5.56 Å². The van der Waals surface area contributed by atoms with Crippen LogP contribution in [0, 0.1) is 0 Å². The molecule has 0 aliphatic carbocycles. The number of carbonyl (C=O) groups excluding carboxylic acids is 1. The predicted molar refractivity (Wildman–Crippen MR) is 112 cm³/mol. The van der Waals surface area contributed by atoms with E-state index in [4.69, 9.17) is 0 Å². The molecule has 1 fully saturated rings. The van der Waals surface area contributed by atoms with Crippen molar-refractivity contribution in [2.24, 2.45) is 0 Å². The molecule has 2 aromatic rings. The summed E-state index contributed by atoms with van der Waals surface area (Å²) in [5.74, 6) is -0.271. The Morgan fingerprint density at radius 1 is 1.04 bits per heavy atom. The number of anilines is 2. The van der Waals surface area contributed by atoms with Gasteiger partial charge in [0.05, 0.1) is 16.3 Å². The lowest BCUT2D eigenvalue weighted by Gasteiger charge is -2.30. The lowest BCUT2D eigenvalue weighted by atomic mass is 10.1. The van der Waals surface area contributed by atoms with Gasteiger partial charge in [-0.3, -0.25) is 4.79 Å². The summed E-state index contributed by atoms with van der Waals surface area (Å²) in [5, 5.41) is 2.96. The van der Waals surface area contributed by atoms with E-state index in [0.717, 1.165) is 37.3 Å². The van der Waals surface area contributed by atoms with Crippen LogP contribution in [0.25, 0.3) is 0 Å². The summed E-state index contributed by atoms with van der Waals surface area (Å²) in [4.78, 5) is 15.1. The number of amides is 1. The molecule has 0 radical (unpaired) electrons. The number of para-hydroxylation sites is 2. The van der Waals surface area contributed by atoms with Crippen LogP contribution in [-0.4, -0.2) is 34.0 Å². The zero-order chi connectivity index (χ0) is 20.0. The Morgan fingerprint density at radius 2 is 1.71 bits per heavy atom. The summed E-state index contributed by atoms with van der Waals surface area (Å²) < 4.78 is 26.6. The Hall–Kier alpha value is -2.64. The Kier molecular flexibility index (Phi) is 6.49. The number of carbonyl (C=O) groups is 1. The third-order valence-corrected chi connectivity index (χ3v) is 6.13. The molecule has 7 heteroatoms. The van der Waals surface area contributed by atoms with E-state index < -0.39 is 10.0 Å². The molecule has 1 amide bonds. The van der Waals surface area contributed by atoms with Crippen LogP contribution in [0.15, 0.2) is 66.1 Å². The van der Waals surface area contributed by atoms with Crippen LogP contribution in [0.3, 0.4) is 0 Å². The van der Waals surface area contributed by atoms with Crippen LogP contribution in [0.5, 0.6) is 0 Å². The first kappa shape index (κ1) is 20.1. The molecule has 3 rings (SSSR count). The van der Waals surface area contributed by atoms with E-state index in [2.05, 4.69) is 21.5 Å². The summed E-state index contributed by atoms with van der Waals surface area (Å²) >= 11 is 0. The highest BCUT2D eigenvalue weighted by Crippen LogP contribution is 2.28. The molecule has 0 spiro atoms. The van der Waals surface area contributed by atoms with Gasteiger partial charge in [-0.05, 0) is 55.7 Å².